The van der Waals surface area contributed by atoms with Crippen molar-refractivity contribution in [2.75, 3.05) is 12.4 Å². The molecule has 0 amide bonds. The number of hydrogen-bond donors (Lipinski definition) is 2. The van der Waals surface area contributed by atoms with E-state index < -0.39 is 6.10 Å². The standard InChI is InChI=1S/C12H17N3O2S/c1-8-3-9(2)15-4-10(14-12(15)13-8)6-18-7-11(17)5-16/h3-4,11,16-17H,5-7H2,1-2H3. The molecule has 6 heteroatoms. The first kappa shape index (κ1) is 13.3. The quantitative estimate of drug-likeness (QED) is 0.843. The molecule has 18 heavy (non-hydrogen) atoms. The third-order valence-corrected chi connectivity index (χ3v) is 3.70. The number of aromatic nitrogens is 3. The fraction of sp³-hybridized carbons (Fsp3) is 0.500. The summed E-state index contributed by atoms with van der Waals surface area (Å²) in [6.07, 6.45) is 1.31. The molecular formula is C12H17N3O2S. The van der Waals surface area contributed by atoms with Crippen LogP contribution in [0.3, 0.4) is 0 Å². The molecule has 1 unspecified atom stereocenters. The second-order valence-electron chi connectivity index (χ2n) is 4.29. The summed E-state index contributed by atoms with van der Waals surface area (Å²) in [5.74, 6) is 1.93. The van der Waals surface area contributed by atoms with Gasteiger partial charge in [0.15, 0.2) is 0 Å². The summed E-state index contributed by atoms with van der Waals surface area (Å²) in [6, 6.07) is 2.01. The van der Waals surface area contributed by atoms with Crippen molar-refractivity contribution in [2.45, 2.75) is 25.7 Å². The lowest BCUT2D eigenvalue weighted by molar-refractivity contribution is 0.113. The normalized spacial score (nSPS) is 13.1. The van der Waals surface area contributed by atoms with Gasteiger partial charge in [-0.2, -0.15) is 11.8 Å². The summed E-state index contributed by atoms with van der Waals surface area (Å²) in [5.41, 5.74) is 3.00. The van der Waals surface area contributed by atoms with Crippen LogP contribution in [0.15, 0.2) is 12.3 Å². The van der Waals surface area contributed by atoms with Crippen molar-refractivity contribution in [2.24, 2.45) is 0 Å². The van der Waals surface area contributed by atoms with Gasteiger partial charge >= 0.3 is 0 Å². The number of aliphatic hydroxyl groups excluding tert-OH is 2. The van der Waals surface area contributed by atoms with Crippen LogP contribution in [-0.2, 0) is 5.75 Å². The highest BCUT2D eigenvalue weighted by Gasteiger charge is 2.07. The second kappa shape index (κ2) is 5.69. The van der Waals surface area contributed by atoms with Gasteiger partial charge in [0.25, 0.3) is 0 Å². The van der Waals surface area contributed by atoms with E-state index in [1.165, 1.54) is 0 Å². The number of aryl methyl sites for hydroxylation is 2. The van der Waals surface area contributed by atoms with Crippen molar-refractivity contribution < 1.29 is 10.2 Å². The number of fused-ring (bicyclic) bond motifs is 1. The molecule has 0 aliphatic rings. The van der Waals surface area contributed by atoms with Crippen LogP contribution in [0.5, 0.6) is 0 Å². The summed E-state index contributed by atoms with van der Waals surface area (Å²) < 4.78 is 1.96. The maximum Gasteiger partial charge on any atom is 0.234 e. The topological polar surface area (TPSA) is 70.7 Å². The molecule has 0 spiro atoms. The summed E-state index contributed by atoms with van der Waals surface area (Å²) in [4.78, 5) is 8.81. The molecule has 2 aromatic heterocycles. The third kappa shape index (κ3) is 3.01. The molecule has 5 nitrogen and oxygen atoms in total. The average molecular weight is 267 g/mol. The highest BCUT2D eigenvalue weighted by atomic mass is 32.2. The predicted octanol–water partition coefficient (Wildman–Crippen LogP) is 0.933. The molecule has 0 saturated heterocycles. The number of hydrogen-bond acceptors (Lipinski definition) is 5. The zero-order chi connectivity index (χ0) is 13.1. The van der Waals surface area contributed by atoms with Crippen LogP contribution in [0.25, 0.3) is 5.78 Å². The van der Waals surface area contributed by atoms with Crippen LogP contribution < -0.4 is 0 Å². The van der Waals surface area contributed by atoms with Gasteiger partial charge in [-0.1, -0.05) is 0 Å². The lowest BCUT2D eigenvalue weighted by Gasteiger charge is -2.04. The Balaban J connectivity index is 2.08. The molecule has 1 atom stereocenters. The van der Waals surface area contributed by atoms with Crippen molar-refractivity contribution in [3.8, 4) is 0 Å². The molecular weight excluding hydrogens is 250 g/mol. The van der Waals surface area contributed by atoms with Crippen molar-refractivity contribution in [1.29, 1.82) is 0 Å². The molecule has 0 bridgehead atoms. The summed E-state index contributed by atoms with van der Waals surface area (Å²) in [7, 11) is 0. The molecule has 2 rings (SSSR count). The minimum atomic E-state index is -0.658. The number of nitrogens with zero attached hydrogens (tertiary/aromatic N) is 3. The Kier molecular flexibility index (Phi) is 4.21. The van der Waals surface area contributed by atoms with Gasteiger partial charge < -0.3 is 10.2 Å². The molecule has 0 aromatic carbocycles. The number of aliphatic hydroxyl groups is 2. The highest BCUT2D eigenvalue weighted by Crippen LogP contribution is 2.14. The molecule has 2 N–H and O–H groups in total. The molecule has 0 fully saturated rings. The van der Waals surface area contributed by atoms with Gasteiger partial charge in [-0.15, -0.1) is 0 Å². The monoisotopic (exact) mass is 267 g/mol. The molecule has 2 heterocycles. The Morgan fingerprint density at radius 1 is 1.39 bits per heavy atom. The van der Waals surface area contributed by atoms with E-state index in [1.807, 2.05) is 30.5 Å². The molecule has 2 aromatic rings. The summed E-state index contributed by atoms with van der Waals surface area (Å²) in [6.45, 7) is 3.78. The van der Waals surface area contributed by atoms with E-state index in [-0.39, 0.29) is 6.61 Å². The van der Waals surface area contributed by atoms with Gasteiger partial charge in [0.1, 0.15) is 0 Å². The minimum Gasteiger partial charge on any atom is -0.394 e. The van der Waals surface area contributed by atoms with Crippen molar-refractivity contribution in [1.82, 2.24) is 14.4 Å². The first-order valence-electron chi connectivity index (χ1n) is 5.79. The molecule has 0 radical (unpaired) electrons. The molecule has 0 aliphatic heterocycles. The van der Waals surface area contributed by atoms with Crippen LogP contribution in [-0.4, -0.2) is 43.0 Å². The third-order valence-electron chi connectivity index (χ3n) is 2.58. The summed E-state index contributed by atoms with van der Waals surface area (Å²) >= 11 is 1.55. The van der Waals surface area contributed by atoms with E-state index in [2.05, 4.69) is 9.97 Å². The van der Waals surface area contributed by atoms with E-state index in [0.717, 1.165) is 17.1 Å². The van der Waals surface area contributed by atoms with Gasteiger partial charge in [0.05, 0.1) is 18.4 Å². The average Bonchev–Trinajstić information content (AvgIpc) is 2.72. The Labute approximate surface area is 110 Å². The zero-order valence-corrected chi connectivity index (χ0v) is 11.3. The largest absolute Gasteiger partial charge is 0.394 e. The van der Waals surface area contributed by atoms with Crippen LogP contribution in [0.2, 0.25) is 0 Å². The van der Waals surface area contributed by atoms with Crippen LogP contribution in [0.4, 0.5) is 0 Å². The fourth-order valence-corrected chi connectivity index (χ4v) is 2.58. The fourth-order valence-electron chi connectivity index (χ4n) is 1.74. The molecule has 0 aliphatic carbocycles. The number of rotatable bonds is 5. The van der Waals surface area contributed by atoms with E-state index >= 15 is 0 Å². The lowest BCUT2D eigenvalue weighted by atomic mass is 10.3. The Morgan fingerprint density at radius 2 is 2.17 bits per heavy atom. The smallest absolute Gasteiger partial charge is 0.234 e. The van der Waals surface area contributed by atoms with Crippen molar-refractivity contribution >= 4 is 17.5 Å². The van der Waals surface area contributed by atoms with Crippen molar-refractivity contribution in [3.05, 3.63) is 29.3 Å². The first-order chi connectivity index (χ1) is 8.60. The highest BCUT2D eigenvalue weighted by molar-refractivity contribution is 7.98. The SMILES string of the molecule is Cc1cc(C)n2cc(CSCC(O)CO)nc2n1. The van der Waals surface area contributed by atoms with Crippen molar-refractivity contribution in [3.63, 3.8) is 0 Å². The van der Waals surface area contributed by atoms with Gasteiger partial charge in [0.2, 0.25) is 5.78 Å². The Hall–Kier alpha value is -1.11. The Bertz CT molecular complexity index is 541. The van der Waals surface area contributed by atoms with E-state index in [0.29, 0.717) is 17.3 Å². The maximum atomic E-state index is 9.25. The van der Waals surface area contributed by atoms with Crippen LogP contribution in [0, 0.1) is 13.8 Å². The minimum absolute atomic E-state index is 0.196. The predicted molar refractivity (Wildman–Crippen MR) is 71.7 cm³/mol. The van der Waals surface area contributed by atoms with Gasteiger partial charge in [-0.25, -0.2) is 9.97 Å². The van der Waals surface area contributed by atoms with Gasteiger partial charge in [-0.3, -0.25) is 4.40 Å². The second-order valence-corrected chi connectivity index (χ2v) is 5.32. The van der Waals surface area contributed by atoms with Gasteiger partial charge in [-0.05, 0) is 19.9 Å². The summed E-state index contributed by atoms with van der Waals surface area (Å²) in [5, 5.41) is 18.0. The molecule has 0 saturated carbocycles. The maximum absolute atomic E-state index is 9.25. The molecule has 98 valence electrons. The lowest BCUT2D eigenvalue weighted by Crippen LogP contribution is -2.14. The Morgan fingerprint density at radius 3 is 2.89 bits per heavy atom. The van der Waals surface area contributed by atoms with E-state index in [4.69, 9.17) is 5.11 Å². The van der Waals surface area contributed by atoms with Gasteiger partial charge in [0, 0.05) is 29.1 Å². The van der Waals surface area contributed by atoms with Crippen LogP contribution in [0.1, 0.15) is 17.1 Å². The van der Waals surface area contributed by atoms with E-state index in [1.54, 1.807) is 11.8 Å². The van der Waals surface area contributed by atoms with Crippen LogP contribution >= 0.6 is 11.8 Å². The number of imidazole rings is 1. The first-order valence-corrected chi connectivity index (χ1v) is 6.94. The zero-order valence-electron chi connectivity index (χ0n) is 10.5. The van der Waals surface area contributed by atoms with E-state index in [9.17, 15) is 5.11 Å². The number of thioether (sulfide) groups is 1.